The van der Waals surface area contributed by atoms with E-state index in [1.54, 1.807) is 18.2 Å². The van der Waals surface area contributed by atoms with Crippen molar-refractivity contribution in [3.05, 3.63) is 76.2 Å². The molecule has 1 N–H and O–H groups in total. The predicted molar refractivity (Wildman–Crippen MR) is 108 cm³/mol. The van der Waals surface area contributed by atoms with Gasteiger partial charge in [-0.3, -0.25) is 9.59 Å². The highest BCUT2D eigenvalue weighted by Gasteiger charge is 2.25. The van der Waals surface area contributed by atoms with Gasteiger partial charge in [0.2, 0.25) is 5.76 Å². The predicted octanol–water partition coefficient (Wildman–Crippen LogP) is 2.21. The molecule has 0 aliphatic carbocycles. The van der Waals surface area contributed by atoms with Crippen molar-refractivity contribution in [3.8, 4) is 0 Å². The zero-order valence-electron chi connectivity index (χ0n) is 16.3. The van der Waals surface area contributed by atoms with Crippen molar-refractivity contribution in [2.24, 2.45) is 0 Å². The van der Waals surface area contributed by atoms with Crippen LogP contribution in [0.4, 0.5) is 10.2 Å². The van der Waals surface area contributed by atoms with Gasteiger partial charge in [0.05, 0.1) is 12.7 Å². The molecule has 9 heteroatoms. The highest BCUT2D eigenvalue weighted by molar-refractivity contribution is 5.91. The normalized spacial score (nSPS) is 16.4. The number of rotatable bonds is 6. The lowest BCUT2D eigenvalue weighted by Gasteiger charge is -2.36. The Morgan fingerprint density at radius 3 is 2.93 bits per heavy atom. The molecule has 1 fully saturated rings. The summed E-state index contributed by atoms with van der Waals surface area (Å²) < 4.78 is 19.7. The summed E-state index contributed by atoms with van der Waals surface area (Å²) in [5.74, 6) is 0.154. The third-order valence-electron chi connectivity index (χ3n) is 5.16. The average Bonchev–Trinajstić information content (AvgIpc) is 3.29. The van der Waals surface area contributed by atoms with Crippen LogP contribution in [0, 0.1) is 5.82 Å². The van der Waals surface area contributed by atoms with Crippen molar-refractivity contribution in [2.75, 3.05) is 18.0 Å². The lowest BCUT2D eigenvalue weighted by Crippen LogP contribution is -2.47. The van der Waals surface area contributed by atoms with Crippen LogP contribution in [-0.4, -0.2) is 40.0 Å². The molecule has 0 saturated carbocycles. The van der Waals surface area contributed by atoms with Crippen molar-refractivity contribution < 1.29 is 13.7 Å². The van der Waals surface area contributed by atoms with Crippen LogP contribution < -0.4 is 15.8 Å². The van der Waals surface area contributed by atoms with E-state index in [4.69, 9.17) is 4.52 Å². The molecular formula is C21H22FN5O3. The minimum Gasteiger partial charge on any atom is -0.351 e. The summed E-state index contributed by atoms with van der Waals surface area (Å²) in [4.78, 5) is 26.6. The molecule has 0 bridgehead atoms. The van der Waals surface area contributed by atoms with Gasteiger partial charge < -0.3 is 14.7 Å². The molecule has 1 saturated heterocycles. The van der Waals surface area contributed by atoms with Crippen molar-refractivity contribution >= 4 is 11.7 Å². The molecule has 1 aliphatic rings. The number of nitrogens with one attached hydrogen (secondary N) is 1. The number of hydrogen-bond acceptors (Lipinski definition) is 6. The fourth-order valence-corrected chi connectivity index (χ4v) is 3.66. The first kappa shape index (κ1) is 19.8. The summed E-state index contributed by atoms with van der Waals surface area (Å²) in [5, 5.41) is 10.9. The molecule has 2 aromatic heterocycles. The Hall–Kier alpha value is -3.49. The molecule has 1 atom stereocenters. The number of hydrogen-bond donors (Lipinski definition) is 1. The number of carbonyl (C=O) groups excluding carboxylic acids is 1. The van der Waals surface area contributed by atoms with E-state index in [1.807, 2.05) is 0 Å². The van der Waals surface area contributed by atoms with E-state index in [-0.39, 0.29) is 35.6 Å². The van der Waals surface area contributed by atoms with Crippen LogP contribution in [0.15, 0.2) is 58.0 Å². The van der Waals surface area contributed by atoms with Crippen molar-refractivity contribution in [3.63, 3.8) is 0 Å². The van der Waals surface area contributed by atoms with Crippen LogP contribution in [0.1, 0.15) is 35.4 Å². The number of piperidine rings is 1. The van der Waals surface area contributed by atoms with Crippen LogP contribution in [0.3, 0.4) is 0 Å². The molecule has 1 unspecified atom stereocenters. The molecule has 4 rings (SSSR count). The Labute approximate surface area is 172 Å². The molecule has 3 aromatic rings. The Kier molecular flexibility index (Phi) is 5.87. The molecule has 1 aliphatic heterocycles. The maximum Gasteiger partial charge on any atom is 0.289 e. The van der Waals surface area contributed by atoms with E-state index in [0.29, 0.717) is 17.9 Å². The van der Waals surface area contributed by atoms with E-state index in [1.165, 1.54) is 35.1 Å². The summed E-state index contributed by atoms with van der Waals surface area (Å²) in [5.41, 5.74) is 0.409. The summed E-state index contributed by atoms with van der Waals surface area (Å²) in [6.07, 6.45) is 4.36. The fourth-order valence-electron chi connectivity index (χ4n) is 3.66. The number of benzene rings is 1. The van der Waals surface area contributed by atoms with Gasteiger partial charge in [-0.25, -0.2) is 9.07 Å². The van der Waals surface area contributed by atoms with E-state index in [0.717, 1.165) is 25.8 Å². The molecular weight excluding hydrogens is 389 g/mol. The van der Waals surface area contributed by atoms with Gasteiger partial charge in [-0.1, -0.05) is 17.3 Å². The molecule has 1 aromatic carbocycles. The molecule has 156 valence electrons. The molecule has 0 spiro atoms. The third-order valence-corrected chi connectivity index (χ3v) is 5.16. The Bertz CT molecular complexity index is 1070. The van der Waals surface area contributed by atoms with Crippen LogP contribution in [0.5, 0.6) is 0 Å². The summed E-state index contributed by atoms with van der Waals surface area (Å²) in [6.45, 7) is 1.38. The first-order valence-electron chi connectivity index (χ1n) is 9.88. The highest BCUT2D eigenvalue weighted by Crippen LogP contribution is 2.22. The monoisotopic (exact) mass is 411 g/mol. The van der Waals surface area contributed by atoms with E-state index in [2.05, 4.69) is 20.5 Å². The van der Waals surface area contributed by atoms with Gasteiger partial charge in [0.15, 0.2) is 0 Å². The number of amides is 1. The topological polar surface area (TPSA) is 93.3 Å². The van der Waals surface area contributed by atoms with Crippen LogP contribution in [0.25, 0.3) is 0 Å². The fraction of sp³-hybridized carbons (Fsp3) is 0.333. The van der Waals surface area contributed by atoms with Crippen molar-refractivity contribution in [1.82, 2.24) is 20.3 Å². The molecule has 3 heterocycles. The Balaban J connectivity index is 1.50. The zero-order valence-corrected chi connectivity index (χ0v) is 16.3. The maximum atomic E-state index is 13.5. The number of anilines is 1. The van der Waals surface area contributed by atoms with Crippen molar-refractivity contribution in [1.29, 1.82) is 0 Å². The van der Waals surface area contributed by atoms with Gasteiger partial charge in [-0.05, 0) is 43.0 Å². The number of carbonyl (C=O) groups is 1. The smallest absolute Gasteiger partial charge is 0.289 e. The van der Waals surface area contributed by atoms with Gasteiger partial charge in [-0.15, -0.1) is 0 Å². The van der Waals surface area contributed by atoms with Gasteiger partial charge in [0.1, 0.15) is 11.6 Å². The summed E-state index contributed by atoms with van der Waals surface area (Å²) >= 11 is 0. The van der Waals surface area contributed by atoms with Crippen LogP contribution in [-0.2, 0) is 6.54 Å². The summed E-state index contributed by atoms with van der Waals surface area (Å²) in [6, 6.07) is 10.8. The Morgan fingerprint density at radius 2 is 2.13 bits per heavy atom. The largest absolute Gasteiger partial charge is 0.351 e. The van der Waals surface area contributed by atoms with E-state index >= 15 is 0 Å². The maximum absolute atomic E-state index is 13.5. The van der Waals surface area contributed by atoms with E-state index < -0.39 is 0 Å². The quantitative estimate of drug-likeness (QED) is 0.669. The third kappa shape index (κ3) is 4.56. The molecule has 30 heavy (non-hydrogen) atoms. The number of halogens is 1. The molecule has 1 amide bonds. The average molecular weight is 411 g/mol. The highest BCUT2D eigenvalue weighted by atomic mass is 19.1. The van der Waals surface area contributed by atoms with Crippen molar-refractivity contribution in [2.45, 2.75) is 31.8 Å². The first-order valence-corrected chi connectivity index (χ1v) is 9.88. The summed E-state index contributed by atoms with van der Waals surface area (Å²) in [7, 11) is 0. The second-order valence-corrected chi connectivity index (χ2v) is 7.25. The van der Waals surface area contributed by atoms with Gasteiger partial charge in [0, 0.05) is 31.3 Å². The second-order valence-electron chi connectivity index (χ2n) is 7.25. The Morgan fingerprint density at radius 1 is 1.23 bits per heavy atom. The SMILES string of the molecule is O=C(NCC1CCCCN1c1ccc(=O)n(Cc2cccc(F)c2)n1)c1ccno1. The number of aromatic nitrogens is 3. The van der Waals surface area contributed by atoms with Gasteiger partial charge in [-0.2, -0.15) is 5.10 Å². The van der Waals surface area contributed by atoms with Crippen LogP contribution >= 0.6 is 0 Å². The zero-order chi connectivity index (χ0) is 20.9. The lowest BCUT2D eigenvalue weighted by molar-refractivity contribution is 0.0912. The second kappa shape index (κ2) is 8.89. The standard InChI is InChI=1S/C21H22FN5O3/c22-16-5-3-4-15(12-16)14-27-20(28)8-7-19(25-27)26-11-2-1-6-17(26)13-23-21(29)18-9-10-24-30-18/h3-5,7-10,12,17H,1-2,6,11,13-14H2,(H,23,29). The van der Waals surface area contributed by atoms with Gasteiger partial charge in [0.25, 0.3) is 11.5 Å². The minimum atomic E-state index is -0.352. The molecule has 0 radical (unpaired) electrons. The lowest BCUT2D eigenvalue weighted by atomic mass is 10.0. The minimum absolute atomic E-state index is 0.0400. The van der Waals surface area contributed by atoms with E-state index in [9.17, 15) is 14.0 Å². The molecule has 8 nitrogen and oxygen atoms in total. The van der Waals surface area contributed by atoms with Crippen LogP contribution in [0.2, 0.25) is 0 Å². The number of nitrogens with zero attached hydrogens (tertiary/aromatic N) is 4. The first-order chi connectivity index (χ1) is 14.6. The van der Waals surface area contributed by atoms with Gasteiger partial charge >= 0.3 is 0 Å².